The number of furan rings is 1. The van der Waals surface area contributed by atoms with Crippen LogP contribution >= 0.6 is 7.82 Å². The first kappa shape index (κ1) is 27.6. The molecule has 7 heteroatoms. The Morgan fingerprint density at radius 1 is 0.900 bits per heavy atom. The van der Waals surface area contributed by atoms with Crippen molar-refractivity contribution in [1.29, 1.82) is 0 Å². The van der Waals surface area contributed by atoms with E-state index in [2.05, 4.69) is 27.7 Å². The molecule has 0 aliphatic rings. The average molecular weight is 461 g/mol. The van der Waals surface area contributed by atoms with Crippen LogP contribution in [0.4, 0.5) is 0 Å². The molecule has 5 nitrogen and oxygen atoms in total. The van der Waals surface area contributed by atoms with Crippen molar-refractivity contribution in [3.05, 3.63) is 17.9 Å². The van der Waals surface area contributed by atoms with Crippen LogP contribution in [0.3, 0.4) is 0 Å². The van der Waals surface area contributed by atoms with Crippen LogP contribution in [0.25, 0.3) is 0 Å². The first-order valence-electron chi connectivity index (χ1n) is 12.1. The second kappa shape index (κ2) is 14.6. The predicted molar refractivity (Wildman–Crippen MR) is 128 cm³/mol. The zero-order chi connectivity index (χ0) is 22.5. The number of rotatable bonds is 18. The number of hydrogen-bond donors (Lipinski definition) is 2. The maximum absolute atomic E-state index is 11.5. The van der Waals surface area contributed by atoms with Gasteiger partial charge in [0.05, 0.1) is 17.8 Å². The molecule has 1 aromatic heterocycles. The lowest BCUT2D eigenvalue weighted by Crippen LogP contribution is -2.44. The zero-order valence-corrected chi connectivity index (χ0v) is 21.6. The van der Waals surface area contributed by atoms with Crippen LogP contribution in [0.1, 0.15) is 110 Å². The van der Waals surface area contributed by atoms with Crippen LogP contribution in [0.15, 0.2) is 16.7 Å². The van der Waals surface area contributed by atoms with E-state index in [1.54, 1.807) is 6.26 Å². The Morgan fingerprint density at radius 2 is 1.40 bits per heavy atom. The van der Waals surface area contributed by atoms with Crippen molar-refractivity contribution < 1.29 is 23.3 Å². The standard InChI is InChI=1S/C23H45O5PSi/c1-5-9-10-11-12-13-14-15-16-17-18-22(28-29(24,25)26)21-19-23(27-20-21)30(6-2,7-3)8-4/h19-20,22H,5-18H2,1-4H3,(H2,24,25,26). The molecule has 0 saturated heterocycles. The predicted octanol–water partition coefficient (Wildman–Crippen LogP) is 7.46. The molecule has 0 radical (unpaired) electrons. The molecule has 0 spiro atoms. The van der Waals surface area contributed by atoms with Gasteiger partial charge in [-0.1, -0.05) is 110 Å². The van der Waals surface area contributed by atoms with E-state index in [-0.39, 0.29) is 0 Å². The van der Waals surface area contributed by atoms with Crippen molar-refractivity contribution in [2.24, 2.45) is 0 Å². The molecule has 0 fully saturated rings. The third kappa shape index (κ3) is 9.82. The molecule has 30 heavy (non-hydrogen) atoms. The van der Waals surface area contributed by atoms with Crippen molar-refractivity contribution in [3.8, 4) is 0 Å². The first-order chi connectivity index (χ1) is 14.3. The molecule has 1 aromatic rings. The van der Waals surface area contributed by atoms with E-state index in [4.69, 9.17) is 8.94 Å². The van der Waals surface area contributed by atoms with Crippen molar-refractivity contribution in [3.63, 3.8) is 0 Å². The summed E-state index contributed by atoms with van der Waals surface area (Å²) in [6, 6.07) is 5.33. The van der Waals surface area contributed by atoms with Gasteiger partial charge in [0.15, 0.2) is 0 Å². The van der Waals surface area contributed by atoms with E-state index in [0.29, 0.717) is 6.42 Å². The second-order valence-corrected chi connectivity index (χ2v) is 15.0. The molecular weight excluding hydrogens is 415 g/mol. The lowest BCUT2D eigenvalue weighted by atomic mass is 10.0. The summed E-state index contributed by atoms with van der Waals surface area (Å²) in [6.07, 6.45) is 14.0. The van der Waals surface area contributed by atoms with Crippen LogP contribution in [0.2, 0.25) is 18.1 Å². The topological polar surface area (TPSA) is 79.9 Å². The van der Waals surface area contributed by atoms with Crippen LogP contribution in [0, 0.1) is 0 Å². The van der Waals surface area contributed by atoms with Gasteiger partial charge in [-0.25, -0.2) is 4.57 Å². The average Bonchev–Trinajstić information content (AvgIpc) is 3.20. The smallest absolute Gasteiger partial charge is 0.470 e. The molecule has 176 valence electrons. The summed E-state index contributed by atoms with van der Waals surface area (Å²) >= 11 is 0. The minimum absolute atomic E-state index is 0.602. The molecule has 1 rings (SSSR count). The van der Waals surface area contributed by atoms with Gasteiger partial charge >= 0.3 is 7.82 Å². The van der Waals surface area contributed by atoms with Gasteiger partial charge < -0.3 is 14.2 Å². The maximum Gasteiger partial charge on any atom is 0.470 e. The van der Waals surface area contributed by atoms with Crippen LogP contribution < -0.4 is 5.38 Å². The van der Waals surface area contributed by atoms with Gasteiger partial charge in [-0.3, -0.25) is 4.52 Å². The highest BCUT2D eigenvalue weighted by Crippen LogP contribution is 2.44. The number of phosphoric ester groups is 1. The minimum Gasteiger partial charge on any atom is -0.474 e. The molecule has 1 heterocycles. The summed E-state index contributed by atoms with van der Waals surface area (Å²) in [5, 5.41) is 1.03. The Hall–Kier alpha value is -0.393. The highest BCUT2D eigenvalue weighted by atomic mass is 31.2. The SMILES string of the molecule is CCCCCCCCCCCCC(OP(=O)(O)O)c1coc([Si](CC)(CC)CC)c1. The van der Waals surface area contributed by atoms with E-state index in [0.717, 1.165) is 41.9 Å². The summed E-state index contributed by atoms with van der Waals surface area (Å²) in [5.74, 6) is 0. The van der Waals surface area contributed by atoms with Gasteiger partial charge in [0.2, 0.25) is 0 Å². The molecule has 0 bridgehead atoms. The van der Waals surface area contributed by atoms with Crippen LogP contribution in [0.5, 0.6) is 0 Å². The quantitative estimate of drug-likeness (QED) is 0.135. The fourth-order valence-electron chi connectivity index (χ4n) is 4.33. The second-order valence-electron chi connectivity index (χ2n) is 8.64. The van der Waals surface area contributed by atoms with E-state index < -0.39 is 22.0 Å². The Labute approximate surface area is 185 Å². The fourth-order valence-corrected chi connectivity index (χ4v) is 8.22. The monoisotopic (exact) mass is 460 g/mol. The molecule has 0 aliphatic heterocycles. The molecule has 0 aromatic carbocycles. The molecule has 0 aliphatic carbocycles. The highest BCUT2D eigenvalue weighted by molar-refractivity contribution is 7.46. The molecule has 0 amide bonds. The lowest BCUT2D eigenvalue weighted by Gasteiger charge is -2.24. The Balaban J connectivity index is 2.56. The highest BCUT2D eigenvalue weighted by Gasteiger charge is 2.34. The van der Waals surface area contributed by atoms with E-state index >= 15 is 0 Å². The molecule has 1 atom stereocenters. The van der Waals surface area contributed by atoms with E-state index in [9.17, 15) is 14.4 Å². The van der Waals surface area contributed by atoms with Gasteiger partial charge in [0.25, 0.3) is 0 Å². The van der Waals surface area contributed by atoms with Crippen LogP contribution in [-0.2, 0) is 9.09 Å². The van der Waals surface area contributed by atoms with Gasteiger partial charge in [0, 0.05) is 5.56 Å². The van der Waals surface area contributed by atoms with Gasteiger partial charge in [0.1, 0.15) is 8.07 Å². The fraction of sp³-hybridized carbons (Fsp3) is 0.826. The first-order valence-corrected chi connectivity index (χ1v) is 16.3. The van der Waals surface area contributed by atoms with Gasteiger partial charge in [-0.05, 0) is 12.5 Å². The lowest BCUT2D eigenvalue weighted by molar-refractivity contribution is 0.124. The van der Waals surface area contributed by atoms with Crippen molar-refractivity contribution in [2.45, 2.75) is 123 Å². The largest absolute Gasteiger partial charge is 0.474 e. The number of phosphoric acid groups is 1. The van der Waals surface area contributed by atoms with Gasteiger partial charge in [-0.15, -0.1) is 0 Å². The minimum atomic E-state index is -4.55. The summed E-state index contributed by atoms with van der Waals surface area (Å²) in [5.41, 5.74) is 0.775. The van der Waals surface area contributed by atoms with Crippen molar-refractivity contribution in [1.82, 2.24) is 0 Å². The maximum atomic E-state index is 11.5. The van der Waals surface area contributed by atoms with Gasteiger partial charge in [-0.2, -0.15) is 0 Å². The van der Waals surface area contributed by atoms with E-state index in [1.807, 2.05) is 6.07 Å². The Kier molecular flexibility index (Phi) is 13.5. The van der Waals surface area contributed by atoms with Crippen molar-refractivity contribution in [2.75, 3.05) is 0 Å². The molecular formula is C23H45O5PSi. The third-order valence-electron chi connectivity index (χ3n) is 6.63. The Morgan fingerprint density at radius 3 is 1.87 bits per heavy atom. The number of hydrogen-bond acceptors (Lipinski definition) is 3. The zero-order valence-electron chi connectivity index (χ0n) is 19.7. The molecule has 0 saturated carbocycles. The summed E-state index contributed by atoms with van der Waals surface area (Å²) < 4.78 is 22.6. The summed E-state index contributed by atoms with van der Waals surface area (Å²) in [7, 11) is -6.21. The van der Waals surface area contributed by atoms with Crippen LogP contribution in [-0.4, -0.2) is 17.9 Å². The third-order valence-corrected chi connectivity index (χ3v) is 12.5. The number of unbranched alkanes of at least 4 members (excludes halogenated alkanes) is 9. The molecule has 2 N–H and O–H groups in total. The van der Waals surface area contributed by atoms with E-state index in [1.165, 1.54) is 51.4 Å². The normalized spacial score (nSPS) is 13.7. The Bertz CT molecular complexity index is 600. The summed E-state index contributed by atoms with van der Waals surface area (Å²) in [4.78, 5) is 18.8. The van der Waals surface area contributed by atoms with Crippen molar-refractivity contribution >= 4 is 21.3 Å². The molecule has 1 unspecified atom stereocenters. The summed E-state index contributed by atoms with van der Waals surface area (Å²) in [6.45, 7) is 8.89.